The van der Waals surface area contributed by atoms with Gasteiger partial charge in [0.1, 0.15) is 0 Å². The van der Waals surface area contributed by atoms with Gasteiger partial charge in [0.2, 0.25) is 0 Å². The van der Waals surface area contributed by atoms with E-state index in [9.17, 15) is 0 Å². The molecular weight excluding hydrogens is 519 g/mol. The zero-order chi connectivity index (χ0) is 19.6. The average Bonchev–Trinajstić information content (AvgIpc) is 3.38. The minimum atomic E-state index is -1.04. The van der Waals surface area contributed by atoms with Gasteiger partial charge in [0.25, 0.3) is 0 Å². The van der Waals surface area contributed by atoms with Gasteiger partial charge in [0.05, 0.1) is 20.6 Å². The van der Waals surface area contributed by atoms with Crippen molar-refractivity contribution >= 4 is 34.8 Å². The zero-order valence-corrected chi connectivity index (χ0v) is 23.6. The van der Waals surface area contributed by atoms with Crippen LogP contribution in [0.2, 0.25) is 13.1 Å². The molecule has 2 aliphatic heterocycles. The van der Waals surface area contributed by atoms with Gasteiger partial charge in [0, 0.05) is 16.7 Å². The van der Waals surface area contributed by atoms with Gasteiger partial charge in [-0.2, -0.15) is 6.07 Å². The molecule has 1 radical (unpaired) electrons. The van der Waals surface area contributed by atoms with Crippen molar-refractivity contribution in [1.82, 2.24) is 0 Å². The first kappa shape index (κ1) is 26.3. The van der Waals surface area contributed by atoms with Gasteiger partial charge < -0.3 is 29.2 Å². The Morgan fingerprint density at radius 3 is 2.32 bits per heavy atom. The minimum absolute atomic E-state index is 0. The number of hydrogen-bond donors (Lipinski definition) is 0. The van der Waals surface area contributed by atoms with Crippen LogP contribution in [0.1, 0.15) is 48.9 Å². The molecule has 3 heterocycles. The summed E-state index contributed by atoms with van der Waals surface area (Å²) in [6, 6.07) is 17.7. The summed E-state index contributed by atoms with van der Waals surface area (Å²) in [5.74, 6) is 0.603. The molecular formula is C26H27Cl2OSiZr. The summed E-state index contributed by atoms with van der Waals surface area (Å²) >= 11 is 0. The molecule has 0 spiro atoms. The Balaban J connectivity index is 0.000000207. The monoisotopic (exact) mass is 543 g/mol. The maximum atomic E-state index is 5.22. The van der Waals surface area contributed by atoms with E-state index in [-0.39, 0.29) is 51.0 Å². The maximum absolute atomic E-state index is 5.22. The van der Waals surface area contributed by atoms with Crippen molar-refractivity contribution in [3.8, 4) is 0 Å². The van der Waals surface area contributed by atoms with Gasteiger partial charge in [-0.1, -0.05) is 68.2 Å². The molecule has 159 valence electrons. The minimum Gasteiger partial charge on any atom is -1.00 e. The summed E-state index contributed by atoms with van der Waals surface area (Å²) in [5.41, 5.74) is 6.73. The largest absolute Gasteiger partial charge is 3.00 e. The normalized spacial score (nSPS) is 17.2. The van der Waals surface area contributed by atoms with Crippen LogP contribution in [-0.4, -0.2) is 8.07 Å². The van der Waals surface area contributed by atoms with Gasteiger partial charge in [-0.05, 0) is 23.4 Å². The van der Waals surface area contributed by atoms with E-state index in [1.807, 2.05) is 12.5 Å². The molecule has 1 aliphatic carbocycles. The van der Waals surface area contributed by atoms with Crippen molar-refractivity contribution in [2.75, 3.05) is 0 Å². The third-order valence-corrected chi connectivity index (χ3v) is 10.9. The first-order valence-corrected chi connectivity index (χ1v) is 13.3. The van der Waals surface area contributed by atoms with E-state index in [1.54, 1.807) is 10.8 Å². The fourth-order valence-electron chi connectivity index (χ4n) is 5.50. The van der Waals surface area contributed by atoms with Crippen LogP contribution in [0.15, 0.2) is 71.0 Å². The Hall–Kier alpha value is -0.990. The molecule has 0 saturated heterocycles. The molecule has 2 bridgehead atoms. The number of halogens is 2. The van der Waals surface area contributed by atoms with E-state index in [0.29, 0.717) is 5.92 Å². The summed E-state index contributed by atoms with van der Waals surface area (Å²) in [6.45, 7) is 11.7. The first-order valence-electron chi connectivity index (χ1n) is 10.3. The molecule has 0 saturated carbocycles. The summed E-state index contributed by atoms with van der Waals surface area (Å²) in [6.07, 6.45) is 3.87. The molecule has 3 aromatic carbocycles. The Labute approximate surface area is 217 Å². The Kier molecular flexibility index (Phi) is 8.03. The molecule has 0 N–H and O–H groups in total. The van der Waals surface area contributed by atoms with E-state index in [4.69, 9.17) is 4.42 Å². The summed E-state index contributed by atoms with van der Waals surface area (Å²) in [7, 11) is -1.04. The van der Waals surface area contributed by atoms with Crippen molar-refractivity contribution < 1.29 is 55.4 Å². The zero-order valence-electron chi connectivity index (χ0n) is 18.6. The molecule has 4 aromatic rings. The standard InChI is InChI=1S/C16H15.C10H12OSi.2ClH.Zr/c1-11(2)14-9-13-8-7-12-5-3-4-6-15(12)16(13)10-14;1-6-9-7-4-11-5-8(7)10(6)12(9,2)3;;;/h3-11H,1-2H3;4-5,9H,1-3H3;2*1H;/q-1;;;;+3/p-2. The van der Waals surface area contributed by atoms with Gasteiger partial charge >= 0.3 is 26.2 Å². The van der Waals surface area contributed by atoms with Crippen LogP contribution in [0.25, 0.3) is 26.7 Å². The van der Waals surface area contributed by atoms with Gasteiger partial charge in [-0.3, -0.25) is 0 Å². The van der Waals surface area contributed by atoms with Gasteiger partial charge in [-0.15, -0.1) is 28.5 Å². The van der Waals surface area contributed by atoms with E-state index < -0.39 is 8.07 Å². The number of furan rings is 1. The number of hydrogen-bond acceptors (Lipinski definition) is 1. The molecule has 1 unspecified atom stereocenters. The predicted octanol–water partition coefficient (Wildman–Crippen LogP) is 1.79. The Morgan fingerprint density at radius 2 is 1.68 bits per heavy atom. The van der Waals surface area contributed by atoms with Crippen molar-refractivity contribution in [3.63, 3.8) is 0 Å². The summed E-state index contributed by atoms with van der Waals surface area (Å²) in [5, 5.41) is 7.11. The maximum Gasteiger partial charge on any atom is 3.00 e. The molecule has 7 rings (SSSR count). The quantitative estimate of drug-likeness (QED) is 0.263. The summed E-state index contributed by atoms with van der Waals surface area (Å²) < 4.78 is 5.22. The molecule has 0 fully saturated rings. The van der Waals surface area contributed by atoms with E-state index in [0.717, 1.165) is 5.54 Å². The average molecular weight is 546 g/mol. The third kappa shape index (κ3) is 3.97. The second-order valence-electron chi connectivity index (χ2n) is 9.19. The van der Waals surface area contributed by atoms with Gasteiger partial charge in [0.15, 0.2) is 0 Å². The number of fused-ring (bicyclic) bond motifs is 3. The Bertz CT molecular complexity index is 1250. The van der Waals surface area contributed by atoms with E-state index >= 15 is 0 Å². The van der Waals surface area contributed by atoms with Crippen LogP contribution in [-0.2, 0) is 26.2 Å². The molecule has 31 heavy (non-hydrogen) atoms. The smallest absolute Gasteiger partial charge is 1.00 e. The van der Waals surface area contributed by atoms with Crippen molar-refractivity contribution in [1.29, 1.82) is 0 Å². The first-order chi connectivity index (χ1) is 13.4. The van der Waals surface area contributed by atoms with Crippen LogP contribution >= 0.6 is 0 Å². The van der Waals surface area contributed by atoms with Crippen LogP contribution in [0.5, 0.6) is 0 Å². The second-order valence-corrected chi connectivity index (χ2v) is 13.7. The number of rotatable bonds is 1. The van der Waals surface area contributed by atoms with Crippen molar-refractivity contribution in [3.05, 3.63) is 83.3 Å². The molecule has 1 atom stereocenters. The van der Waals surface area contributed by atoms with E-state index in [1.165, 1.54) is 38.2 Å². The molecule has 1 aromatic heterocycles. The number of benzene rings is 2. The SMILES string of the molecule is CC(C)c1cc2c(ccc3ccccc32)[cH-]1.CC1=C2c3cocc3C1[Si]2(C)C.[Cl-].[Cl-].[Zr+3]. The fourth-order valence-corrected chi connectivity index (χ4v) is 9.84. The molecule has 1 nitrogen and oxygen atoms in total. The van der Waals surface area contributed by atoms with Crippen LogP contribution in [0.3, 0.4) is 0 Å². The van der Waals surface area contributed by atoms with Crippen LogP contribution in [0.4, 0.5) is 0 Å². The topological polar surface area (TPSA) is 13.1 Å². The second kappa shape index (κ2) is 9.48. The molecule has 0 amide bonds. The summed E-state index contributed by atoms with van der Waals surface area (Å²) in [4.78, 5) is 0. The Morgan fingerprint density at radius 1 is 0.968 bits per heavy atom. The fraction of sp³-hybridized carbons (Fsp3) is 0.269. The van der Waals surface area contributed by atoms with Crippen LogP contribution in [0, 0.1) is 0 Å². The van der Waals surface area contributed by atoms with E-state index in [2.05, 4.69) is 82.4 Å². The van der Waals surface area contributed by atoms with Crippen molar-refractivity contribution in [2.24, 2.45) is 0 Å². The van der Waals surface area contributed by atoms with Crippen molar-refractivity contribution in [2.45, 2.75) is 45.3 Å². The molecule has 3 aliphatic rings. The third-order valence-electron chi connectivity index (χ3n) is 6.77. The predicted molar refractivity (Wildman–Crippen MR) is 123 cm³/mol. The van der Waals surface area contributed by atoms with Crippen LogP contribution < -0.4 is 24.8 Å². The number of allylic oxidation sites excluding steroid dienone is 1. The molecule has 5 heteroatoms. The van der Waals surface area contributed by atoms with Gasteiger partial charge in [-0.25, -0.2) is 0 Å².